The summed E-state index contributed by atoms with van der Waals surface area (Å²) in [6, 6.07) is 10.1. The van der Waals surface area contributed by atoms with Crippen LogP contribution in [-0.2, 0) is 6.42 Å². The van der Waals surface area contributed by atoms with Crippen LogP contribution in [0.1, 0.15) is 36.8 Å². The van der Waals surface area contributed by atoms with E-state index in [1.54, 1.807) is 0 Å². The molecule has 23 heavy (non-hydrogen) atoms. The minimum atomic E-state index is 0.644. The highest BCUT2D eigenvalue weighted by molar-refractivity contribution is 5.72. The van der Waals surface area contributed by atoms with Crippen LogP contribution in [-0.4, -0.2) is 39.7 Å². The van der Waals surface area contributed by atoms with Gasteiger partial charge in [-0.05, 0) is 57.1 Å². The molecule has 5 heteroatoms. The molecule has 1 aliphatic rings. The summed E-state index contributed by atoms with van der Waals surface area (Å²) in [7, 11) is 0. The lowest BCUT2D eigenvalue weighted by Crippen LogP contribution is -2.34. The summed E-state index contributed by atoms with van der Waals surface area (Å²) in [5.74, 6) is 1.50. The molecule has 3 aromatic rings. The number of para-hydroxylation sites is 2. The first kappa shape index (κ1) is 14.5. The number of rotatable bonds is 5. The average molecular weight is 310 g/mol. The fourth-order valence-corrected chi connectivity index (χ4v) is 3.44. The number of oxazole rings is 1. The van der Waals surface area contributed by atoms with Crippen molar-refractivity contribution in [3.05, 3.63) is 48.1 Å². The Morgan fingerprint density at radius 3 is 2.83 bits per heavy atom. The lowest BCUT2D eigenvalue weighted by atomic mass is 9.93. The van der Waals surface area contributed by atoms with Crippen LogP contribution in [0, 0.1) is 0 Å². The van der Waals surface area contributed by atoms with Crippen LogP contribution in [0.2, 0.25) is 0 Å². The van der Waals surface area contributed by atoms with Gasteiger partial charge in [-0.1, -0.05) is 12.1 Å². The minimum Gasteiger partial charge on any atom is -0.441 e. The molecule has 5 nitrogen and oxygen atoms in total. The summed E-state index contributed by atoms with van der Waals surface area (Å²) in [4.78, 5) is 7.10. The maximum absolute atomic E-state index is 5.78. The van der Waals surface area contributed by atoms with E-state index in [0.717, 1.165) is 49.5 Å². The molecule has 0 aliphatic carbocycles. The summed E-state index contributed by atoms with van der Waals surface area (Å²) in [6.07, 6.45) is 6.29. The predicted molar refractivity (Wildman–Crippen MR) is 89.3 cm³/mol. The van der Waals surface area contributed by atoms with E-state index in [2.05, 4.69) is 26.1 Å². The van der Waals surface area contributed by atoms with Crippen molar-refractivity contribution in [2.24, 2.45) is 0 Å². The number of hydrogen-bond acceptors (Lipinski definition) is 4. The molecule has 2 aromatic heterocycles. The van der Waals surface area contributed by atoms with E-state index in [4.69, 9.17) is 4.42 Å². The smallest absolute Gasteiger partial charge is 0.195 e. The molecule has 3 heterocycles. The van der Waals surface area contributed by atoms with Gasteiger partial charge in [-0.2, -0.15) is 5.10 Å². The second kappa shape index (κ2) is 6.54. The van der Waals surface area contributed by atoms with Crippen molar-refractivity contribution >= 4 is 11.1 Å². The molecular formula is C18H22N4O. The van der Waals surface area contributed by atoms with Crippen LogP contribution in [0.15, 0.2) is 40.9 Å². The monoisotopic (exact) mass is 310 g/mol. The summed E-state index contributed by atoms with van der Waals surface area (Å²) in [5.41, 5.74) is 3.14. The lowest BCUT2D eigenvalue weighted by molar-refractivity contribution is 0.207. The fourth-order valence-electron chi connectivity index (χ4n) is 3.44. The van der Waals surface area contributed by atoms with Crippen molar-refractivity contribution in [1.82, 2.24) is 20.1 Å². The molecule has 1 fully saturated rings. The molecule has 1 aliphatic heterocycles. The number of H-pyrrole nitrogens is 1. The SMILES string of the molecule is c1ccc2oc(CCCN3CCC(c4ccn[nH]4)CC3)nc2c1. The van der Waals surface area contributed by atoms with Crippen molar-refractivity contribution in [1.29, 1.82) is 0 Å². The molecule has 0 spiro atoms. The Labute approximate surface area is 135 Å². The molecule has 0 radical (unpaired) electrons. The van der Waals surface area contributed by atoms with Gasteiger partial charge in [-0.15, -0.1) is 0 Å². The van der Waals surface area contributed by atoms with Crippen LogP contribution in [0.5, 0.6) is 0 Å². The molecule has 1 saturated heterocycles. The van der Waals surface area contributed by atoms with Crippen LogP contribution in [0.3, 0.4) is 0 Å². The van der Waals surface area contributed by atoms with Crippen molar-refractivity contribution in [2.75, 3.05) is 19.6 Å². The molecule has 4 rings (SSSR count). The van der Waals surface area contributed by atoms with E-state index in [0.29, 0.717) is 5.92 Å². The van der Waals surface area contributed by atoms with Crippen LogP contribution >= 0.6 is 0 Å². The Morgan fingerprint density at radius 1 is 1.17 bits per heavy atom. The third-order valence-corrected chi connectivity index (χ3v) is 4.75. The molecule has 120 valence electrons. The maximum Gasteiger partial charge on any atom is 0.195 e. The molecule has 0 amide bonds. The highest BCUT2D eigenvalue weighted by Gasteiger charge is 2.21. The van der Waals surface area contributed by atoms with Gasteiger partial charge in [0.15, 0.2) is 11.5 Å². The normalized spacial score (nSPS) is 17.0. The number of nitrogens with one attached hydrogen (secondary N) is 1. The van der Waals surface area contributed by atoms with E-state index in [-0.39, 0.29) is 0 Å². The summed E-state index contributed by atoms with van der Waals surface area (Å²) >= 11 is 0. The number of fused-ring (bicyclic) bond motifs is 1. The van der Waals surface area contributed by atoms with Gasteiger partial charge in [0.2, 0.25) is 0 Å². The number of aryl methyl sites for hydroxylation is 1. The Balaban J connectivity index is 1.24. The zero-order valence-corrected chi connectivity index (χ0v) is 13.2. The summed E-state index contributed by atoms with van der Waals surface area (Å²) in [6.45, 7) is 3.45. The van der Waals surface area contributed by atoms with Gasteiger partial charge < -0.3 is 9.32 Å². The van der Waals surface area contributed by atoms with Crippen LogP contribution < -0.4 is 0 Å². The quantitative estimate of drug-likeness (QED) is 0.785. The Morgan fingerprint density at radius 2 is 2.04 bits per heavy atom. The van der Waals surface area contributed by atoms with E-state index < -0.39 is 0 Å². The summed E-state index contributed by atoms with van der Waals surface area (Å²) < 4.78 is 5.78. The van der Waals surface area contributed by atoms with E-state index in [9.17, 15) is 0 Å². The highest BCUT2D eigenvalue weighted by Crippen LogP contribution is 2.26. The number of benzene rings is 1. The van der Waals surface area contributed by atoms with Crippen molar-refractivity contribution in [3.8, 4) is 0 Å². The zero-order valence-electron chi connectivity index (χ0n) is 13.2. The molecule has 0 saturated carbocycles. The third-order valence-electron chi connectivity index (χ3n) is 4.75. The van der Waals surface area contributed by atoms with Gasteiger partial charge in [-0.3, -0.25) is 5.10 Å². The molecular weight excluding hydrogens is 288 g/mol. The second-order valence-electron chi connectivity index (χ2n) is 6.31. The Bertz CT molecular complexity index is 708. The first-order chi connectivity index (χ1) is 11.4. The Hall–Kier alpha value is -2.14. The van der Waals surface area contributed by atoms with Gasteiger partial charge in [0.25, 0.3) is 0 Å². The van der Waals surface area contributed by atoms with E-state index in [1.165, 1.54) is 18.5 Å². The van der Waals surface area contributed by atoms with Crippen LogP contribution in [0.25, 0.3) is 11.1 Å². The molecule has 1 N–H and O–H groups in total. The molecule has 0 bridgehead atoms. The topological polar surface area (TPSA) is 58.0 Å². The van der Waals surface area contributed by atoms with Gasteiger partial charge >= 0.3 is 0 Å². The van der Waals surface area contributed by atoms with Crippen molar-refractivity contribution in [2.45, 2.75) is 31.6 Å². The lowest BCUT2D eigenvalue weighted by Gasteiger charge is -2.31. The van der Waals surface area contributed by atoms with Gasteiger partial charge in [0.1, 0.15) is 5.52 Å². The average Bonchev–Trinajstić information content (AvgIpc) is 3.25. The van der Waals surface area contributed by atoms with Crippen molar-refractivity contribution < 1.29 is 4.42 Å². The number of aromatic nitrogens is 3. The number of likely N-dealkylation sites (tertiary alicyclic amines) is 1. The second-order valence-corrected chi connectivity index (χ2v) is 6.31. The van der Waals surface area contributed by atoms with Gasteiger partial charge in [0, 0.05) is 24.2 Å². The number of nitrogens with zero attached hydrogens (tertiary/aromatic N) is 3. The standard InChI is InChI=1S/C18H22N4O/c1-2-5-17-16(4-1)20-18(23-17)6-3-11-22-12-8-14(9-13-22)15-7-10-19-21-15/h1-2,4-5,7,10,14H,3,6,8-9,11-13H2,(H,19,21). The highest BCUT2D eigenvalue weighted by atomic mass is 16.3. The van der Waals surface area contributed by atoms with Crippen molar-refractivity contribution in [3.63, 3.8) is 0 Å². The molecule has 1 aromatic carbocycles. The van der Waals surface area contributed by atoms with Crippen LogP contribution in [0.4, 0.5) is 0 Å². The first-order valence-electron chi connectivity index (χ1n) is 8.44. The third kappa shape index (κ3) is 3.29. The number of hydrogen-bond donors (Lipinski definition) is 1. The minimum absolute atomic E-state index is 0.644. The van der Waals surface area contributed by atoms with E-state index in [1.807, 2.05) is 30.5 Å². The number of piperidine rings is 1. The molecule has 0 unspecified atom stereocenters. The van der Waals surface area contributed by atoms with Gasteiger partial charge in [-0.25, -0.2) is 4.98 Å². The largest absolute Gasteiger partial charge is 0.441 e. The van der Waals surface area contributed by atoms with E-state index >= 15 is 0 Å². The Kier molecular flexibility index (Phi) is 4.11. The maximum atomic E-state index is 5.78. The zero-order chi connectivity index (χ0) is 15.5. The number of aromatic amines is 1. The molecule has 0 atom stereocenters. The first-order valence-corrected chi connectivity index (χ1v) is 8.44. The fraction of sp³-hybridized carbons (Fsp3) is 0.444. The predicted octanol–water partition coefficient (Wildman–Crippen LogP) is 3.36. The van der Waals surface area contributed by atoms with Gasteiger partial charge in [0.05, 0.1) is 0 Å². The summed E-state index contributed by atoms with van der Waals surface area (Å²) in [5, 5.41) is 7.17.